The van der Waals surface area contributed by atoms with E-state index >= 15 is 0 Å². The van der Waals surface area contributed by atoms with Crippen LogP contribution >= 0.6 is 0 Å². The molecule has 0 bridgehead atoms. The lowest BCUT2D eigenvalue weighted by Crippen LogP contribution is -2.22. The van der Waals surface area contributed by atoms with E-state index in [-0.39, 0.29) is 22.7 Å². The van der Waals surface area contributed by atoms with Crippen molar-refractivity contribution < 1.29 is 22.7 Å². The van der Waals surface area contributed by atoms with Gasteiger partial charge in [0.05, 0.1) is 5.69 Å². The first-order chi connectivity index (χ1) is 13.2. The molecule has 3 aromatic carbocycles. The third-order valence-corrected chi connectivity index (χ3v) is 4.33. The Bertz CT molecular complexity index is 1140. The number of rotatable bonds is 5. The Labute approximate surface area is 160 Å². The number of benzene rings is 3. The zero-order valence-corrected chi connectivity index (χ0v) is 15.2. The maximum atomic E-state index is 14.4. The number of aromatic hydroxyl groups is 1. The lowest BCUT2D eigenvalue weighted by molar-refractivity contribution is 0.102. The number of halogens is 1. The fourth-order valence-electron chi connectivity index (χ4n) is 2.56. The number of anilines is 2. The topological polar surface area (TPSA) is 122 Å². The number of phenolic OH excluding ortho intramolecular Hbond substituents is 1. The molecule has 0 atom stereocenters. The number of phenols is 1. The molecule has 0 unspecified atom stereocenters. The Morgan fingerprint density at radius 1 is 1.00 bits per heavy atom. The average molecular weight is 401 g/mol. The smallest absolute Gasteiger partial charge is 0.296 e. The summed E-state index contributed by atoms with van der Waals surface area (Å²) in [5, 5.41) is 17.1. The molecule has 0 heterocycles. The summed E-state index contributed by atoms with van der Waals surface area (Å²) < 4.78 is 38.6. The van der Waals surface area contributed by atoms with Crippen LogP contribution in [-0.4, -0.2) is 19.4 Å². The summed E-state index contributed by atoms with van der Waals surface area (Å²) in [6.45, 7) is 0. The van der Waals surface area contributed by atoms with Crippen LogP contribution < -0.4 is 15.2 Å². The summed E-state index contributed by atoms with van der Waals surface area (Å²) in [6.07, 6.45) is 0. The number of amides is 1. The zero-order chi connectivity index (χ0) is 20.3. The van der Waals surface area contributed by atoms with E-state index in [2.05, 4.69) is 5.32 Å². The second kappa shape index (κ2) is 7.67. The van der Waals surface area contributed by atoms with Gasteiger partial charge < -0.3 is 10.4 Å². The minimum absolute atomic E-state index is 0.0752. The summed E-state index contributed by atoms with van der Waals surface area (Å²) in [5.74, 6) is -1.53. The maximum Gasteiger partial charge on any atom is 0.296 e. The van der Waals surface area contributed by atoms with Crippen LogP contribution in [0.3, 0.4) is 0 Å². The Kier molecular flexibility index (Phi) is 5.30. The molecule has 28 heavy (non-hydrogen) atoms. The van der Waals surface area contributed by atoms with E-state index in [9.17, 15) is 22.7 Å². The number of nitrogens with two attached hydrogens (primary N) is 1. The van der Waals surface area contributed by atoms with Gasteiger partial charge in [0.1, 0.15) is 11.6 Å². The van der Waals surface area contributed by atoms with Gasteiger partial charge in [-0.2, -0.15) is 8.42 Å². The molecule has 0 radical (unpaired) electrons. The summed E-state index contributed by atoms with van der Waals surface area (Å²) >= 11 is 0. The first-order valence-electron chi connectivity index (χ1n) is 8.03. The van der Waals surface area contributed by atoms with Gasteiger partial charge in [-0.15, -0.1) is 0 Å². The van der Waals surface area contributed by atoms with E-state index in [1.54, 1.807) is 24.3 Å². The van der Waals surface area contributed by atoms with E-state index in [4.69, 9.17) is 5.14 Å². The quantitative estimate of drug-likeness (QED) is 0.388. The van der Waals surface area contributed by atoms with Gasteiger partial charge in [-0.25, -0.2) is 9.53 Å². The minimum atomic E-state index is -4.11. The SMILES string of the molecule is NS(=O)(=O)Nc1cc(NC(=O)c2ccc(-c3ccccc3)c(F)c2)ccc1O. The lowest BCUT2D eigenvalue weighted by atomic mass is 10.0. The monoisotopic (exact) mass is 401 g/mol. The van der Waals surface area contributed by atoms with Crippen molar-refractivity contribution in [1.82, 2.24) is 0 Å². The molecule has 144 valence electrons. The van der Waals surface area contributed by atoms with Crippen LogP contribution in [0.1, 0.15) is 10.4 Å². The molecule has 7 nitrogen and oxygen atoms in total. The zero-order valence-electron chi connectivity index (χ0n) is 14.4. The highest BCUT2D eigenvalue weighted by atomic mass is 32.2. The minimum Gasteiger partial charge on any atom is -0.506 e. The van der Waals surface area contributed by atoms with Crippen LogP contribution in [0, 0.1) is 5.82 Å². The van der Waals surface area contributed by atoms with Crippen molar-refractivity contribution in [3.05, 3.63) is 78.1 Å². The second-order valence-electron chi connectivity index (χ2n) is 5.89. The van der Waals surface area contributed by atoms with Crippen LogP contribution in [0.15, 0.2) is 66.7 Å². The van der Waals surface area contributed by atoms with Crippen molar-refractivity contribution in [3.8, 4) is 16.9 Å². The summed E-state index contributed by atoms with van der Waals surface area (Å²) in [4.78, 5) is 12.4. The summed E-state index contributed by atoms with van der Waals surface area (Å²) in [6, 6.07) is 16.7. The highest BCUT2D eigenvalue weighted by molar-refractivity contribution is 7.90. The largest absolute Gasteiger partial charge is 0.506 e. The highest BCUT2D eigenvalue weighted by Crippen LogP contribution is 2.28. The van der Waals surface area contributed by atoms with Crippen molar-refractivity contribution in [2.45, 2.75) is 0 Å². The highest BCUT2D eigenvalue weighted by Gasteiger charge is 2.13. The molecule has 3 rings (SSSR count). The fourth-order valence-corrected chi connectivity index (χ4v) is 3.03. The number of nitrogens with one attached hydrogen (secondary N) is 2. The van der Waals surface area contributed by atoms with Crippen molar-refractivity contribution in [2.75, 3.05) is 10.0 Å². The molecule has 9 heteroatoms. The van der Waals surface area contributed by atoms with Crippen molar-refractivity contribution in [2.24, 2.45) is 5.14 Å². The third kappa shape index (κ3) is 4.64. The van der Waals surface area contributed by atoms with Gasteiger partial charge in [0.15, 0.2) is 0 Å². The fraction of sp³-hybridized carbons (Fsp3) is 0. The van der Waals surface area contributed by atoms with Crippen molar-refractivity contribution in [3.63, 3.8) is 0 Å². The Morgan fingerprint density at radius 2 is 1.71 bits per heavy atom. The Balaban J connectivity index is 1.82. The molecule has 0 aliphatic carbocycles. The predicted octanol–water partition coefficient (Wildman–Crippen LogP) is 3.07. The molecular weight excluding hydrogens is 385 g/mol. The van der Waals surface area contributed by atoms with Gasteiger partial charge in [0, 0.05) is 16.8 Å². The van der Waals surface area contributed by atoms with E-state index in [1.807, 2.05) is 10.8 Å². The third-order valence-electron chi connectivity index (χ3n) is 3.82. The average Bonchev–Trinajstić information content (AvgIpc) is 2.64. The first kappa shape index (κ1) is 19.3. The molecule has 3 aromatic rings. The molecule has 0 spiro atoms. The summed E-state index contributed by atoms with van der Waals surface area (Å²) in [7, 11) is -4.11. The number of hydrogen-bond donors (Lipinski definition) is 4. The van der Waals surface area contributed by atoms with Crippen molar-refractivity contribution in [1.29, 1.82) is 0 Å². The standard InChI is InChI=1S/C19H16FN3O4S/c20-16-10-13(6-8-15(16)12-4-2-1-3-5-12)19(25)22-14-7-9-18(24)17(11-14)23-28(21,26)27/h1-11,23-24H,(H,22,25)(H2,21,26,27). The summed E-state index contributed by atoms with van der Waals surface area (Å²) in [5.41, 5.74) is 1.10. The van der Waals surface area contributed by atoms with E-state index in [1.165, 1.54) is 30.3 Å². The van der Waals surface area contributed by atoms with Crippen LogP contribution in [0.2, 0.25) is 0 Å². The van der Waals surface area contributed by atoms with Crippen LogP contribution in [0.25, 0.3) is 11.1 Å². The van der Waals surface area contributed by atoms with Crippen LogP contribution in [-0.2, 0) is 10.2 Å². The van der Waals surface area contributed by atoms with Gasteiger partial charge in [-0.1, -0.05) is 36.4 Å². The normalized spacial score (nSPS) is 11.1. The van der Waals surface area contributed by atoms with E-state index < -0.39 is 21.9 Å². The Hall–Kier alpha value is -3.43. The molecule has 0 saturated carbocycles. The second-order valence-corrected chi connectivity index (χ2v) is 7.19. The molecular formula is C19H16FN3O4S. The van der Waals surface area contributed by atoms with E-state index in [0.717, 1.165) is 6.07 Å². The molecule has 0 aliphatic heterocycles. The molecule has 0 aromatic heterocycles. The molecule has 5 N–H and O–H groups in total. The maximum absolute atomic E-state index is 14.4. The Morgan fingerprint density at radius 3 is 2.36 bits per heavy atom. The number of carbonyl (C=O) groups is 1. The first-order valence-corrected chi connectivity index (χ1v) is 9.57. The van der Waals surface area contributed by atoms with Gasteiger partial charge in [0.2, 0.25) is 0 Å². The number of hydrogen-bond acceptors (Lipinski definition) is 4. The molecule has 0 saturated heterocycles. The van der Waals surface area contributed by atoms with Gasteiger partial charge in [-0.3, -0.25) is 9.52 Å². The predicted molar refractivity (Wildman–Crippen MR) is 105 cm³/mol. The van der Waals surface area contributed by atoms with Gasteiger partial charge >= 0.3 is 0 Å². The van der Waals surface area contributed by atoms with Crippen LogP contribution in [0.5, 0.6) is 5.75 Å². The number of carbonyl (C=O) groups excluding carboxylic acids is 1. The molecule has 0 aliphatic rings. The lowest BCUT2D eigenvalue weighted by Gasteiger charge is -2.11. The van der Waals surface area contributed by atoms with Gasteiger partial charge in [-0.05, 0) is 35.9 Å². The van der Waals surface area contributed by atoms with Crippen molar-refractivity contribution >= 4 is 27.5 Å². The van der Waals surface area contributed by atoms with Crippen LogP contribution in [0.4, 0.5) is 15.8 Å². The molecule has 0 fully saturated rings. The molecule has 1 amide bonds. The van der Waals surface area contributed by atoms with Gasteiger partial charge in [0.25, 0.3) is 16.1 Å². The van der Waals surface area contributed by atoms with E-state index in [0.29, 0.717) is 11.1 Å².